The molecule has 0 spiro atoms. The Bertz CT molecular complexity index is 930. The maximum atomic E-state index is 12.3. The van der Waals surface area contributed by atoms with E-state index in [-0.39, 0.29) is 11.2 Å². The van der Waals surface area contributed by atoms with Crippen molar-refractivity contribution in [3.63, 3.8) is 0 Å². The van der Waals surface area contributed by atoms with Gasteiger partial charge in [-0.25, -0.2) is 14.8 Å². The Hall–Kier alpha value is -2.22. The molecule has 0 aliphatic carbocycles. The normalized spacial score (nSPS) is 11.4. The predicted molar refractivity (Wildman–Crippen MR) is 80.8 cm³/mol. The van der Waals surface area contributed by atoms with Crippen molar-refractivity contribution in [3.8, 4) is 0 Å². The lowest BCUT2D eigenvalue weighted by Gasteiger charge is -2.06. The van der Waals surface area contributed by atoms with Gasteiger partial charge in [-0.2, -0.15) is 0 Å². The molecule has 0 amide bonds. The van der Waals surface area contributed by atoms with Gasteiger partial charge in [-0.15, -0.1) is 11.3 Å². The summed E-state index contributed by atoms with van der Waals surface area (Å²) in [5, 5.41) is 0. The molecule has 3 aromatic heterocycles. The van der Waals surface area contributed by atoms with Gasteiger partial charge in [0, 0.05) is 31.9 Å². The van der Waals surface area contributed by atoms with Gasteiger partial charge in [-0.1, -0.05) is 0 Å². The van der Waals surface area contributed by atoms with Crippen molar-refractivity contribution in [1.82, 2.24) is 23.7 Å². The van der Waals surface area contributed by atoms with Gasteiger partial charge in [0.1, 0.15) is 0 Å². The summed E-state index contributed by atoms with van der Waals surface area (Å²) in [6, 6.07) is 0. The molecule has 3 aromatic rings. The number of nitrogens with zero attached hydrogens (tertiary/aromatic N) is 5. The number of aromatic nitrogens is 5. The molecule has 0 bridgehead atoms. The summed E-state index contributed by atoms with van der Waals surface area (Å²) in [6.45, 7) is 2.60. The molecule has 3 rings (SSSR count). The third kappa shape index (κ3) is 2.11. The highest BCUT2D eigenvalue weighted by molar-refractivity contribution is 7.09. The standard InChI is InChI=1S/C13H15N5O2S/c1-8-9(21-7-15-8)4-5-18-6-14-11-10(18)12(19)17(3)13(20)16(11)2/h6-7H,4-5H2,1-3H3. The first-order valence-corrected chi connectivity index (χ1v) is 7.38. The summed E-state index contributed by atoms with van der Waals surface area (Å²) in [5.74, 6) is 0. The lowest BCUT2D eigenvalue weighted by molar-refractivity contribution is 0.686. The summed E-state index contributed by atoms with van der Waals surface area (Å²) < 4.78 is 4.31. The smallest absolute Gasteiger partial charge is 0.324 e. The van der Waals surface area contributed by atoms with Gasteiger partial charge in [-0.3, -0.25) is 13.9 Å². The van der Waals surface area contributed by atoms with Crippen LogP contribution in [0.2, 0.25) is 0 Å². The number of rotatable bonds is 3. The van der Waals surface area contributed by atoms with Crippen molar-refractivity contribution in [2.24, 2.45) is 14.1 Å². The van der Waals surface area contributed by atoms with Crippen LogP contribution in [0.3, 0.4) is 0 Å². The van der Waals surface area contributed by atoms with E-state index in [1.165, 1.54) is 16.5 Å². The van der Waals surface area contributed by atoms with Crippen LogP contribution >= 0.6 is 11.3 Å². The van der Waals surface area contributed by atoms with Gasteiger partial charge >= 0.3 is 5.69 Å². The highest BCUT2D eigenvalue weighted by Crippen LogP contribution is 2.14. The van der Waals surface area contributed by atoms with Crippen LogP contribution in [0, 0.1) is 6.92 Å². The summed E-state index contributed by atoms with van der Waals surface area (Å²) in [5.41, 5.74) is 3.04. The highest BCUT2D eigenvalue weighted by Gasteiger charge is 2.14. The lowest BCUT2D eigenvalue weighted by atomic mass is 10.3. The first kappa shape index (κ1) is 13.7. The average molecular weight is 305 g/mol. The van der Waals surface area contributed by atoms with Crippen LogP contribution in [0.1, 0.15) is 10.6 Å². The Morgan fingerprint density at radius 1 is 1.19 bits per heavy atom. The van der Waals surface area contributed by atoms with E-state index in [1.54, 1.807) is 29.3 Å². The Kier molecular flexibility index (Phi) is 3.25. The Morgan fingerprint density at radius 3 is 2.62 bits per heavy atom. The minimum Gasteiger partial charge on any atom is -0.324 e. The number of hydrogen-bond donors (Lipinski definition) is 0. The molecular weight excluding hydrogens is 290 g/mol. The van der Waals surface area contributed by atoms with Crippen LogP contribution in [0.15, 0.2) is 21.4 Å². The van der Waals surface area contributed by atoms with E-state index < -0.39 is 0 Å². The van der Waals surface area contributed by atoms with Crippen molar-refractivity contribution >= 4 is 22.5 Å². The lowest BCUT2D eigenvalue weighted by Crippen LogP contribution is -2.37. The van der Waals surface area contributed by atoms with E-state index in [4.69, 9.17) is 0 Å². The van der Waals surface area contributed by atoms with Crippen molar-refractivity contribution in [2.75, 3.05) is 0 Å². The van der Waals surface area contributed by atoms with E-state index >= 15 is 0 Å². The second-order valence-electron chi connectivity index (χ2n) is 4.93. The molecule has 0 unspecified atom stereocenters. The molecule has 0 saturated heterocycles. The number of thiazole rings is 1. The van der Waals surface area contributed by atoms with Crippen molar-refractivity contribution in [1.29, 1.82) is 0 Å². The summed E-state index contributed by atoms with van der Waals surface area (Å²) >= 11 is 1.61. The third-order valence-corrected chi connectivity index (χ3v) is 4.64. The van der Waals surface area contributed by atoms with Crippen LogP contribution in [-0.4, -0.2) is 23.7 Å². The molecule has 110 valence electrons. The molecule has 0 radical (unpaired) electrons. The molecule has 0 aliphatic heterocycles. The number of hydrogen-bond acceptors (Lipinski definition) is 5. The van der Waals surface area contributed by atoms with Crippen LogP contribution in [0.25, 0.3) is 11.2 Å². The molecule has 0 atom stereocenters. The highest BCUT2D eigenvalue weighted by atomic mass is 32.1. The summed E-state index contributed by atoms with van der Waals surface area (Å²) in [6.07, 6.45) is 2.40. The molecule has 0 saturated carbocycles. The molecule has 0 aromatic carbocycles. The zero-order valence-electron chi connectivity index (χ0n) is 12.0. The van der Waals surface area contributed by atoms with Crippen molar-refractivity contribution in [3.05, 3.63) is 43.2 Å². The van der Waals surface area contributed by atoms with Crippen LogP contribution < -0.4 is 11.2 Å². The fraction of sp³-hybridized carbons (Fsp3) is 0.385. The molecule has 0 aliphatic rings. The summed E-state index contributed by atoms with van der Waals surface area (Å²) in [4.78, 5) is 33.8. The van der Waals surface area contributed by atoms with E-state index in [0.29, 0.717) is 17.7 Å². The first-order valence-electron chi connectivity index (χ1n) is 6.50. The molecule has 21 heavy (non-hydrogen) atoms. The van der Waals surface area contributed by atoms with Gasteiger partial charge in [0.05, 0.1) is 17.5 Å². The Labute approximate surface area is 124 Å². The molecular formula is C13H15N5O2S. The largest absolute Gasteiger partial charge is 0.332 e. The number of imidazole rings is 1. The summed E-state index contributed by atoms with van der Waals surface area (Å²) in [7, 11) is 3.10. The minimum atomic E-state index is -0.365. The van der Waals surface area contributed by atoms with Crippen LogP contribution in [-0.2, 0) is 27.1 Å². The predicted octanol–water partition coefficient (Wildman–Crippen LogP) is 0.441. The van der Waals surface area contributed by atoms with Crippen molar-refractivity contribution in [2.45, 2.75) is 19.9 Å². The Balaban J connectivity index is 2.07. The topological polar surface area (TPSA) is 74.7 Å². The van der Waals surface area contributed by atoms with E-state index in [2.05, 4.69) is 9.97 Å². The average Bonchev–Trinajstić information content (AvgIpc) is 3.07. The van der Waals surface area contributed by atoms with Crippen LogP contribution in [0.4, 0.5) is 0 Å². The maximum absolute atomic E-state index is 12.3. The zero-order chi connectivity index (χ0) is 15.1. The van der Waals surface area contributed by atoms with E-state index in [9.17, 15) is 9.59 Å². The van der Waals surface area contributed by atoms with Gasteiger partial charge in [0.25, 0.3) is 5.56 Å². The third-order valence-electron chi connectivity index (χ3n) is 3.64. The second kappa shape index (κ2) is 4.96. The van der Waals surface area contributed by atoms with E-state index in [1.807, 2.05) is 12.4 Å². The van der Waals surface area contributed by atoms with Crippen molar-refractivity contribution < 1.29 is 0 Å². The molecule has 0 N–H and O–H groups in total. The molecule has 3 heterocycles. The zero-order valence-corrected chi connectivity index (χ0v) is 12.8. The van der Waals surface area contributed by atoms with Crippen LogP contribution in [0.5, 0.6) is 0 Å². The quantitative estimate of drug-likeness (QED) is 0.704. The van der Waals surface area contributed by atoms with E-state index in [0.717, 1.165) is 16.7 Å². The second-order valence-corrected chi connectivity index (χ2v) is 5.87. The number of fused-ring (bicyclic) bond motifs is 1. The number of aryl methyl sites for hydroxylation is 4. The fourth-order valence-electron chi connectivity index (χ4n) is 2.35. The fourth-order valence-corrected chi connectivity index (χ4v) is 3.13. The monoisotopic (exact) mass is 305 g/mol. The maximum Gasteiger partial charge on any atom is 0.332 e. The van der Waals surface area contributed by atoms with Gasteiger partial charge in [0.15, 0.2) is 11.2 Å². The Morgan fingerprint density at radius 2 is 1.95 bits per heavy atom. The molecule has 7 nitrogen and oxygen atoms in total. The molecule has 0 fully saturated rings. The first-order chi connectivity index (χ1) is 10.0. The van der Waals surface area contributed by atoms with Gasteiger partial charge in [-0.05, 0) is 6.92 Å². The minimum absolute atomic E-state index is 0.313. The van der Waals surface area contributed by atoms with Gasteiger partial charge < -0.3 is 4.57 Å². The SMILES string of the molecule is Cc1ncsc1CCn1cnc2c1c(=O)n(C)c(=O)n2C. The molecule has 8 heteroatoms. The van der Waals surface area contributed by atoms with Gasteiger partial charge in [0.2, 0.25) is 0 Å².